The fourth-order valence-corrected chi connectivity index (χ4v) is 4.26. The van der Waals surface area contributed by atoms with Crippen LogP contribution in [0.5, 0.6) is 11.5 Å². The zero-order valence-electron chi connectivity index (χ0n) is 15.1. The maximum atomic E-state index is 12.8. The van der Waals surface area contributed by atoms with E-state index < -0.39 is 0 Å². The fourth-order valence-electron chi connectivity index (χ4n) is 4.26. The van der Waals surface area contributed by atoms with Gasteiger partial charge in [-0.3, -0.25) is 4.79 Å². The van der Waals surface area contributed by atoms with E-state index in [1.165, 1.54) is 0 Å². The molecule has 2 atom stereocenters. The van der Waals surface area contributed by atoms with Gasteiger partial charge >= 0.3 is 0 Å². The minimum absolute atomic E-state index is 0.0415. The van der Waals surface area contributed by atoms with E-state index in [1.807, 2.05) is 36.4 Å². The van der Waals surface area contributed by atoms with Gasteiger partial charge in [0.25, 0.3) is 5.91 Å². The zero-order chi connectivity index (χ0) is 18.5. The van der Waals surface area contributed by atoms with Crippen LogP contribution in [0.1, 0.15) is 33.9 Å². The standard InChI is InChI=1S/C21H21N3O3/c1-26-17-6-3-7-18-15(17)10-12(11-27-18)20-23-21(25)14-5-2-4-13-16(22)8-9-24(20)19(13)14/h2-7,10,16,20H,8-9,11,22H2,1H3,(H,23,25)/t16-,20-/m1/s1. The van der Waals surface area contributed by atoms with E-state index in [2.05, 4.69) is 16.3 Å². The Morgan fingerprint density at radius 2 is 2.11 bits per heavy atom. The summed E-state index contributed by atoms with van der Waals surface area (Å²) < 4.78 is 11.4. The molecule has 3 aliphatic heterocycles. The number of para-hydroxylation sites is 1. The lowest BCUT2D eigenvalue weighted by Crippen LogP contribution is -2.57. The number of hydrogen-bond acceptors (Lipinski definition) is 5. The molecule has 0 unspecified atom stereocenters. The van der Waals surface area contributed by atoms with Gasteiger partial charge in [0.2, 0.25) is 0 Å². The number of amides is 1. The number of hydrogen-bond donors (Lipinski definition) is 2. The molecule has 1 amide bonds. The van der Waals surface area contributed by atoms with E-state index in [1.54, 1.807) is 7.11 Å². The highest BCUT2D eigenvalue weighted by Gasteiger charge is 2.38. The number of carbonyl (C=O) groups excluding carboxylic acids is 1. The average molecular weight is 363 g/mol. The number of carbonyl (C=O) groups is 1. The maximum Gasteiger partial charge on any atom is 0.255 e. The first-order valence-electron chi connectivity index (χ1n) is 9.13. The van der Waals surface area contributed by atoms with Gasteiger partial charge in [0, 0.05) is 18.2 Å². The van der Waals surface area contributed by atoms with Gasteiger partial charge in [-0.15, -0.1) is 0 Å². The van der Waals surface area contributed by atoms with E-state index in [0.29, 0.717) is 12.2 Å². The molecule has 0 bridgehead atoms. The molecule has 0 aromatic heterocycles. The molecule has 138 valence electrons. The van der Waals surface area contributed by atoms with Crippen molar-refractivity contribution in [3.8, 4) is 11.5 Å². The van der Waals surface area contributed by atoms with Crippen molar-refractivity contribution in [2.75, 3.05) is 25.2 Å². The van der Waals surface area contributed by atoms with Gasteiger partial charge in [-0.1, -0.05) is 18.2 Å². The van der Waals surface area contributed by atoms with Crippen LogP contribution in [0.15, 0.2) is 42.0 Å². The molecule has 27 heavy (non-hydrogen) atoms. The van der Waals surface area contributed by atoms with Crippen molar-refractivity contribution in [1.29, 1.82) is 0 Å². The Hall–Kier alpha value is -2.99. The van der Waals surface area contributed by atoms with Crippen molar-refractivity contribution in [2.45, 2.75) is 18.6 Å². The molecule has 2 aromatic carbocycles. The molecule has 0 fully saturated rings. The first kappa shape index (κ1) is 16.2. The van der Waals surface area contributed by atoms with Gasteiger partial charge in [-0.25, -0.2) is 0 Å². The normalized spacial score (nSPS) is 22.8. The number of nitrogens with zero attached hydrogens (tertiary/aromatic N) is 1. The lowest BCUT2D eigenvalue weighted by molar-refractivity contribution is 0.0930. The molecule has 0 aliphatic carbocycles. The second-order valence-electron chi connectivity index (χ2n) is 7.09. The molecule has 5 rings (SSSR count). The molecule has 0 saturated heterocycles. The summed E-state index contributed by atoms with van der Waals surface area (Å²) in [5.41, 5.74) is 10.9. The summed E-state index contributed by atoms with van der Waals surface area (Å²) in [6.45, 7) is 1.21. The zero-order valence-corrected chi connectivity index (χ0v) is 15.1. The summed E-state index contributed by atoms with van der Waals surface area (Å²) in [4.78, 5) is 15.0. The number of benzene rings is 2. The summed E-state index contributed by atoms with van der Waals surface area (Å²) in [6, 6.07) is 11.5. The molecule has 3 heterocycles. The third kappa shape index (κ3) is 2.40. The molecule has 0 radical (unpaired) electrons. The van der Waals surface area contributed by atoms with Crippen LogP contribution in [-0.4, -0.2) is 32.3 Å². The second-order valence-corrected chi connectivity index (χ2v) is 7.09. The third-order valence-electron chi connectivity index (χ3n) is 5.58. The number of rotatable bonds is 2. The van der Waals surface area contributed by atoms with Crippen molar-refractivity contribution in [3.63, 3.8) is 0 Å². The quantitative estimate of drug-likeness (QED) is 0.857. The topological polar surface area (TPSA) is 76.8 Å². The van der Waals surface area contributed by atoms with Gasteiger partial charge in [0.1, 0.15) is 24.3 Å². The van der Waals surface area contributed by atoms with Crippen molar-refractivity contribution in [2.24, 2.45) is 5.73 Å². The molecular weight excluding hydrogens is 342 g/mol. The van der Waals surface area contributed by atoms with Gasteiger partial charge in [0.05, 0.1) is 23.9 Å². The molecule has 2 aromatic rings. The summed E-state index contributed by atoms with van der Waals surface area (Å²) in [5, 5.41) is 3.14. The van der Waals surface area contributed by atoms with Crippen LogP contribution in [0.25, 0.3) is 6.08 Å². The minimum Gasteiger partial charge on any atom is -0.496 e. The van der Waals surface area contributed by atoms with Crippen LogP contribution in [-0.2, 0) is 0 Å². The maximum absolute atomic E-state index is 12.8. The highest BCUT2D eigenvalue weighted by atomic mass is 16.5. The van der Waals surface area contributed by atoms with Crippen LogP contribution in [0.4, 0.5) is 5.69 Å². The third-order valence-corrected chi connectivity index (χ3v) is 5.58. The van der Waals surface area contributed by atoms with E-state index in [-0.39, 0.29) is 18.1 Å². The van der Waals surface area contributed by atoms with Gasteiger partial charge in [0.15, 0.2) is 0 Å². The van der Waals surface area contributed by atoms with E-state index >= 15 is 0 Å². The number of methoxy groups -OCH3 is 1. The Labute approximate surface area is 157 Å². The van der Waals surface area contributed by atoms with E-state index in [4.69, 9.17) is 15.2 Å². The lowest BCUT2D eigenvalue weighted by Gasteiger charge is -2.45. The first-order valence-corrected chi connectivity index (χ1v) is 9.13. The SMILES string of the molecule is COc1cccc2c1C=C([C@@H]1NC(=O)c3cccc4c3N1CC[C@H]4N)CO2. The molecule has 0 spiro atoms. The summed E-state index contributed by atoms with van der Waals surface area (Å²) in [5.74, 6) is 1.48. The van der Waals surface area contributed by atoms with Crippen LogP contribution in [0, 0.1) is 0 Å². The van der Waals surface area contributed by atoms with Gasteiger partial charge < -0.3 is 25.4 Å². The second kappa shape index (κ2) is 6.03. The highest BCUT2D eigenvalue weighted by Crippen LogP contribution is 2.41. The molecular formula is C21H21N3O3. The van der Waals surface area contributed by atoms with Crippen molar-refractivity contribution in [1.82, 2.24) is 5.32 Å². The average Bonchev–Trinajstić information content (AvgIpc) is 2.71. The Morgan fingerprint density at radius 1 is 1.26 bits per heavy atom. The predicted molar refractivity (Wildman–Crippen MR) is 103 cm³/mol. The van der Waals surface area contributed by atoms with Gasteiger partial charge in [-0.2, -0.15) is 0 Å². The summed E-state index contributed by atoms with van der Waals surface area (Å²) in [6.07, 6.45) is 2.67. The lowest BCUT2D eigenvalue weighted by atomic mass is 9.90. The molecule has 0 saturated carbocycles. The largest absolute Gasteiger partial charge is 0.496 e. The molecule has 6 heteroatoms. The molecule has 3 N–H and O–H groups in total. The fraction of sp³-hybridized carbons (Fsp3) is 0.286. The number of fused-ring (bicyclic) bond motifs is 1. The van der Waals surface area contributed by atoms with Crippen molar-refractivity contribution < 1.29 is 14.3 Å². The van der Waals surface area contributed by atoms with Crippen molar-refractivity contribution in [3.05, 3.63) is 58.7 Å². The van der Waals surface area contributed by atoms with Crippen LogP contribution < -0.4 is 25.4 Å². The van der Waals surface area contributed by atoms with E-state index in [0.717, 1.165) is 46.9 Å². The van der Waals surface area contributed by atoms with E-state index in [9.17, 15) is 4.79 Å². The van der Waals surface area contributed by atoms with Crippen LogP contribution >= 0.6 is 0 Å². The predicted octanol–water partition coefficient (Wildman–Crippen LogP) is 2.45. The smallest absolute Gasteiger partial charge is 0.255 e. The van der Waals surface area contributed by atoms with Crippen LogP contribution in [0.3, 0.4) is 0 Å². The monoisotopic (exact) mass is 363 g/mol. The number of anilines is 1. The molecule has 3 aliphatic rings. The number of ether oxygens (including phenoxy) is 2. The van der Waals surface area contributed by atoms with Crippen LogP contribution in [0.2, 0.25) is 0 Å². The Morgan fingerprint density at radius 3 is 2.96 bits per heavy atom. The Bertz CT molecular complexity index is 969. The highest BCUT2D eigenvalue weighted by molar-refractivity contribution is 6.03. The summed E-state index contributed by atoms with van der Waals surface area (Å²) >= 11 is 0. The minimum atomic E-state index is -0.253. The van der Waals surface area contributed by atoms with Crippen molar-refractivity contribution >= 4 is 17.7 Å². The first-order chi connectivity index (χ1) is 13.2. The Balaban J connectivity index is 1.61. The van der Waals surface area contributed by atoms with Gasteiger partial charge in [-0.05, 0) is 36.3 Å². The summed E-state index contributed by atoms with van der Waals surface area (Å²) in [7, 11) is 1.65. The molecule has 6 nitrogen and oxygen atoms in total. The Kier molecular flexibility index (Phi) is 3.62. The number of nitrogens with one attached hydrogen (secondary N) is 1. The number of nitrogens with two attached hydrogens (primary N) is 1.